The molecule has 0 atom stereocenters. The van der Waals surface area contributed by atoms with E-state index in [9.17, 15) is 14.4 Å². The Morgan fingerprint density at radius 3 is 1.21 bits per heavy atom. The van der Waals surface area contributed by atoms with Crippen molar-refractivity contribution in [3.05, 3.63) is 108 Å². The molecular formula is C27H29N3O3. The van der Waals surface area contributed by atoms with Crippen LogP contribution in [0.3, 0.4) is 0 Å². The van der Waals surface area contributed by atoms with Crippen molar-refractivity contribution in [3.8, 4) is 0 Å². The largest absolute Gasteiger partial charge is 0.352 e. The van der Waals surface area contributed by atoms with E-state index in [0.29, 0.717) is 19.6 Å². The van der Waals surface area contributed by atoms with Gasteiger partial charge < -0.3 is 16.0 Å². The summed E-state index contributed by atoms with van der Waals surface area (Å²) in [5.74, 6) is -1.62. The average molecular weight is 444 g/mol. The molecule has 0 aliphatic heterocycles. The smallest absolute Gasteiger partial charge is 0.224 e. The molecule has 6 heteroatoms. The molecule has 0 heterocycles. The van der Waals surface area contributed by atoms with E-state index < -0.39 is 5.92 Å². The second-order valence-corrected chi connectivity index (χ2v) is 7.83. The van der Waals surface area contributed by atoms with E-state index in [2.05, 4.69) is 16.0 Å². The van der Waals surface area contributed by atoms with E-state index in [0.717, 1.165) is 16.7 Å². The molecule has 3 aromatic carbocycles. The maximum atomic E-state index is 12.9. The number of benzene rings is 3. The third-order valence-corrected chi connectivity index (χ3v) is 5.21. The summed E-state index contributed by atoms with van der Waals surface area (Å²) >= 11 is 0. The highest BCUT2D eigenvalue weighted by Crippen LogP contribution is 2.11. The van der Waals surface area contributed by atoms with Gasteiger partial charge in [0.1, 0.15) is 0 Å². The highest BCUT2D eigenvalue weighted by atomic mass is 16.2. The van der Waals surface area contributed by atoms with E-state index in [1.165, 1.54) is 0 Å². The van der Waals surface area contributed by atoms with Crippen molar-refractivity contribution in [3.63, 3.8) is 0 Å². The molecule has 3 amide bonds. The predicted octanol–water partition coefficient (Wildman–Crippen LogP) is 3.33. The Kier molecular flexibility index (Phi) is 9.21. The number of hydrogen-bond donors (Lipinski definition) is 3. The van der Waals surface area contributed by atoms with Crippen LogP contribution in [0.2, 0.25) is 0 Å². The average Bonchev–Trinajstić information content (AvgIpc) is 2.86. The Labute approximate surface area is 194 Å². The van der Waals surface area contributed by atoms with Gasteiger partial charge in [-0.2, -0.15) is 0 Å². The van der Waals surface area contributed by atoms with Crippen LogP contribution in [0.4, 0.5) is 0 Å². The Morgan fingerprint density at radius 2 is 0.848 bits per heavy atom. The molecule has 0 unspecified atom stereocenters. The van der Waals surface area contributed by atoms with Crippen molar-refractivity contribution in [2.75, 3.05) is 0 Å². The van der Waals surface area contributed by atoms with Crippen LogP contribution in [0.1, 0.15) is 29.5 Å². The van der Waals surface area contributed by atoms with Crippen LogP contribution in [-0.4, -0.2) is 17.7 Å². The molecule has 6 nitrogen and oxygen atoms in total. The lowest BCUT2D eigenvalue weighted by molar-refractivity contribution is -0.133. The first-order valence-electron chi connectivity index (χ1n) is 11.0. The van der Waals surface area contributed by atoms with Gasteiger partial charge in [0, 0.05) is 32.5 Å². The topological polar surface area (TPSA) is 87.3 Å². The molecule has 0 radical (unpaired) electrons. The molecule has 0 spiro atoms. The van der Waals surface area contributed by atoms with Crippen LogP contribution < -0.4 is 16.0 Å². The highest BCUT2D eigenvalue weighted by Gasteiger charge is 2.24. The van der Waals surface area contributed by atoms with Gasteiger partial charge in [0.05, 0.1) is 5.92 Å². The van der Waals surface area contributed by atoms with Crippen LogP contribution in [0.25, 0.3) is 0 Å². The fourth-order valence-electron chi connectivity index (χ4n) is 3.37. The minimum atomic E-state index is -0.764. The number of nitrogens with one attached hydrogen (secondary N) is 3. The van der Waals surface area contributed by atoms with Crippen LogP contribution >= 0.6 is 0 Å². The SMILES string of the molecule is O=C(CC(CC(=O)NCc1ccccc1)C(=O)NCc1ccccc1)NCc1ccccc1. The van der Waals surface area contributed by atoms with Crippen molar-refractivity contribution in [1.82, 2.24) is 16.0 Å². The van der Waals surface area contributed by atoms with E-state index in [4.69, 9.17) is 0 Å². The van der Waals surface area contributed by atoms with Gasteiger partial charge in [-0.3, -0.25) is 14.4 Å². The van der Waals surface area contributed by atoms with Crippen LogP contribution in [0, 0.1) is 5.92 Å². The maximum Gasteiger partial charge on any atom is 0.224 e. The lowest BCUT2D eigenvalue weighted by Crippen LogP contribution is -2.37. The molecule has 33 heavy (non-hydrogen) atoms. The standard InChI is InChI=1S/C27H29N3O3/c31-25(28-18-21-10-4-1-5-11-21)16-24(27(33)30-20-23-14-8-3-9-15-23)17-26(32)29-19-22-12-6-2-7-13-22/h1-15,24H,16-20H2,(H,28,31)(H,29,32)(H,30,33). The number of carbonyl (C=O) groups is 3. The van der Waals surface area contributed by atoms with Crippen molar-refractivity contribution >= 4 is 17.7 Å². The summed E-state index contributed by atoms with van der Waals surface area (Å²) in [4.78, 5) is 38.0. The molecule has 0 aliphatic rings. The van der Waals surface area contributed by atoms with Gasteiger partial charge in [-0.05, 0) is 16.7 Å². The van der Waals surface area contributed by atoms with E-state index in [1.807, 2.05) is 91.0 Å². The Morgan fingerprint density at radius 1 is 0.515 bits per heavy atom. The molecule has 0 fully saturated rings. The molecule has 0 saturated heterocycles. The van der Waals surface area contributed by atoms with E-state index >= 15 is 0 Å². The molecule has 3 rings (SSSR count). The predicted molar refractivity (Wildman–Crippen MR) is 128 cm³/mol. The normalized spacial score (nSPS) is 10.5. The van der Waals surface area contributed by atoms with Gasteiger partial charge in [0.25, 0.3) is 0 Å². The third-order valence-electron chi connectivity index (χ3n) is 5.21. The highest BCUT2D eigenvalue weighted by molar-refractivity contribution is 5.90. The minimum Gasteiger partial charge on any atom is -0.352 e. The zero-order valence-electron chi connectivity index (χ0n) is 18.5. The van der Waals surface area contributed by atoms with Gasteiger partial charge in [-0.1, -0.05) is 91.0 Å². The molecule has 170 valence electrons. The van der Waals surface area contributed by atoms with Gasteiger partial charge in [0.2, 0.25) is 17.7 Å². The summed E-state index contributed by atoms with van der Waals surface area (Å²) in [6.45, 7) is 1.09. The summed E-state index contributed by atoms with van der Waals surface area (Å²) in [5, 5.41) is 8.54. The number of carbonyl (C=O) groups excluding carboxylic acids is 3. The number of rotatable bonds is 11. The third kappa shape index (κ3) is 8.61. The second-order valence-electron chi connectivity index (χ2n) is 7.83. The van der Waals surface area contributed by atoms with Gasteiger partial charge in [-0.25, -0.2) is 0 Å². The quantitative estimate of drug-likeness (QED) is 0.425. The summed E-state index contributed by atoms with van der Waals surface area (Å²) in [5.41, 5.74) is 2.89. The summed E-state index contributed by atoms with van der Waals surface area (Å²) in [6.07, 6.45) is -0.127. The monoisotopic (exact) mass is 443 g/mol. The summed E-state index contributed by atoms with van der Waals surface area (Å²) < 4.78 is 0. The van der Waals surface area contributed by atoms with Crippen LogP contribution in [0.15, 0.2) is 91.0 Å². The first kappa shape index (κ1) is 23.7. The zero-order chi connectivity index (χ0) is 23.3. The minimum absolute atomic E-state index is 0.0633. The van der Waals surface area contributed by atoms with E-state index in [-0.39, 0.29) is 30.6 Å². The molecular weight excluding hydrogens is 414 g/mol. The Bertz CT molecular complexity index is 967. The second kappa shape index (κ2) is 12.8. The van der Waals surface area contributed by atoms with Crippen molar-refractivity contribution in [2.24, 2.45) is 5.92 Å². The maximum absolute atomic E-state index is 12.9. The summed E-state index contributed by atoms with van der Waals surface area (Å²) in [7, 11) is 0. The molecule has 0 saturated carbocycles. The lowest BCUT2D eigenvalue weighted by atomic mass is 9.98. The molecule has 3 N–H and O–H groups in total. The number of hydrogen-bond acceptors (Lipinski definition) is 3. The van der Waals surface area contributed by atoms with Crippen molar-refractivity contribution < 1.29 is 14.4 Å². The van der Waals surface area contributed by atoms with Gasteiger partial charge in [-0.15, -0.1) is 0 Å². The first-order chi connectivity index (χ1) is 16.1. The molecule has 0 aliphatic carbocycles. The lowest BCUT2D eigenvalue weighted by Gasteiger charge is -2.17. The van der Waals surface area contributed by atoms with Crippen molar-refractivity contribution in [2.45, 2.75) is 32.5 Å². The van der Waals surface area contributed by atoms with E-state index in [1.54, 1.807) is 0 Å². The van der Waals surface area contributed by atoms with Crippen LogP contribution in [0.5, 0.6) is 0 Å². The Balaban J connectivity index is 1.56. The van der Waals surface area contributed by atoms with Crippen molar-refractivity contribution in [1.29, 1.82) is 0 Å². The summed E-state index contributed by atoms with van der Waals surface area (Å²) in [6, 6.07) is 28.6. The van der Waals surface area contributed by atoms with Gasteiger partial charge in [0.15, 0.2) is 0 Å². The Hall–Kier alpha value is -3.93. The first-order valence-corrected chi connectivity index (χ1v) is 11.0. The van der Waals surface area contributed by atoms with Crippen LogP contribution in [-0.2, 0) is 34.0 Å². The molecule has 3 aromatic rings. The van der Waals surface area contributed by atoms with Gasteiger partial charge >= 0.3 is 0 Å². The molecule has 0 bridgehead atoms. The fraction of sp³-hybridized carbons (Fsp3) is 0.222. The number of amides is 3. The fourth-order valence-corrected chi connectivity index (χ4v) is 3.37. The zero-order valence-corrected chi connectivity index (χ0v) is 18.5. The molecule has 0 aromatic heterocycles.